The van der Waals surface area contributed by atoms with Crippen molar-refractivity contribution in [1.29, 1.82) is 0 Å². The molecule has 3 aromatic heterocycles. The van der Waals surface area contributed by atoms with Crippen molar-refractivity contribution in [3.8, 4) is 22.5 Å². The number of carbonyl (C=O) groups is 3. The van der Waals surface area contributed by atoms with Crippen LogP contribution in [-0.4, -0.2) is 117 Å². The van der Waals surface area contributed by atoms with E-state index in [0.29, 0.717) is 19.6 Å². The van der Waals surface area contributed by atoms with Crippen LogP contribution in [0.25, 0.3) is 33.4 Å². The first-order chi connectivity index (χ1) is 30.2. The Bertz CT molecular complexity index is 2200. The number of hydrazine groups is 1. The highest BCUT2D eigenvalue weighted by molar-refractivity contribution is 7.98. The lowest BCUT2D eigenvalue weighted by Gasteiger charge is -2.40. The first-order valence-corrected chi connectivity index (χ1v) is 25.0. The Labute approximate surface area is 388 Å². The van der Waals surface area contributed by atoms with Crippen molar-refractivity contribution in [3.63, 3.8) is 0 Å². The van der Waals surface area contributed by atoms with Crippen LogP contribution in [0.1, 0.15) is 96.0 Å². The van der Waals surface area contributed by atoms with Gasteiger partial charge in [0.25, 0.3) is 5.91 Å². The number of carbonyl (C=O) groups excluding carboxylic acids is 3. The van der Waals surface area contributed by atoms with Gasteiger partial charge < -0.3 is 24.3 Å². The van der Waals surface area contributed by atoms with E-state index >= 15 is 0 Å². The maximum Gasteiger partial charge on any atom is 0.329 e. The molecule has 6 heterocycles. The lowest BCUT2D eigenvalue weighted by molar-refractivity contribution is -0.141. The molecule has 2 fully saturated rings. The summed E-state index contributed by atoms with van der Waals surface area (Å²) in [6.45, 7) is 15.3. The van der Waals surface area contributed by atoms with Crippen LogP contribution in [-0.2, 0) is 38.4 Å². The van der Waals surface area contributed by atoms with Crippen LogP contribution < -0.4 is 10.7 Å². The van der Waals surface area contributed by atoms with E-state index in [1.165, 1.54) is 49.8 Å². The molecule has 0 saturated carbocycles. The van der Waals surface area contributed by atoms with Crippen molar-refractivity contribution in [2.45, 2.75) is 123 Å². The number of aromatic nitrogens is 3. The highest BCUT2D eigenvalue weighted by atomic mass is 32.2. The summed E-state index contributed by atoms with van der Waals surface area (Å²) in [7, 11) is 5.08. The van der Waals surface area contributed by atoms with Gasteiger partial charge in [-0.05, 0) is 105 Å². The zero-order valence-electron chi connectivity index (χ0n) is 38.8. The van der Waals surface area contributed by atoms with Gasteiger partial charge in [-0.2, -0.15) is 12.6 Å². The van der Waals surface area contributed by atoms with Crippen molar-refractivity contribution in [2.24, 2.45) is 11.3 Å². The number of nitrogens with zero attached hydrogens (tertiary/aromatic N) is 6. The number of aryl methyl sites for hydroxylation is 1. The Hall–Kier alpha value is -3.67. The smallest absolute Gasteiger partial charge is 0.329 e. The van der Waals surface area contributed by atoms with Gasteiger partial charge in [0.05, 0.1) is 47.4 Å². The monoisotopic (exact) mass is 920 g/mol. The number of amides is 4. The SMILES string of the molecule is CCn1c(-c2cccnc2C(C)OC)c2c3cc(ccc31)-c1csc(n1)CC(NC(=O)C(SN(C)C(=O)N1CC(OC)C1)C(C)C)C(=O)N1CCCC(CCCC(C)(C)C2)N1.CS. The highest BCUT2D eigenvalue weighted by Crippen LogP contribution is 2.43. The van der Waals surface area contributed by atoms with E-state index in [0.717, 1.165) is 72.6 Å². The molecule has 7 rings (SSSR count). The van der Waals surface area contributed by atoms with Gasteiger partial charge in [-0.15, -0.1) is 11.3 Å². The van der Waals surface area contributed by atoms with E-state index in [2.05, 4.69) is 85.3 Å². The molecule has 2 N–H and O–H groups in total. The molecule has 344 valence electrons. The van der Waals surface area contributed by atoms with Crippen molar-refractivity contribution in [3.05, 3.63) is 58.2 Å². The summed E-state index contributed by atoms with van der Waals surface area (Å²) in [5, 5.41) is 8.31. The van der Waals surface area contributed by atoms with Crippen molar-refractivity contribution in [1.82, 2.24) is 39.5 Å². The van der Waals surface area contributed by atoms with Gasteiger partial charge in [0, 0.05) is 80.4 Å². The molecular formula is C47H68N8O5S3. The number of nitrogens with one attached hydrogen (secondary N) is 2. The van der Waals surface area contributed by atoms with E-state index in [4.69, 9.17) is 19.4 Å². The third kappa shape index (κ3) is 11.1. The molecule has 2 saturated heterocycles. The quantitative estimate of drug-likeness (QED) is 0.106. The Morgan fingerprint density at radius 3 is 2.57 bits per heavy atom. The van der Waals surface area contributed by atoms with Gasteiger partial charge >= 0.3 is 6.03 Å². The number of fused-ring (bicyclic) bond motifs is 6. The maximum atomic E-state index is 14.6. The minimum absolute atomic E-state index is 0.0309. The number of hydrogen-bond donors (Lipinski definition) is 3. The number of hydrogen-bond acceptors (Lipinski definition) is 11. The van der Waals surface area contributed by atoms with E-state index in [9.17, 15) is 14.4 Å². The van der Waals surface area contributed by atoms with E-state index in [1.807, 2.05) is 26.1 Å². The van der Waals surface area contributed by atoms with Gasteiger partial charge in [0.15, 0.2) is 0 Å². The molecule has 3 aliphatic rings. The third-order valence-corrected chi connectivity index (χ3v) is 14.9. The molecule has 1 aromatic carbocycles. The molecule has 0 radical (unpaired) electrons. The highest BCUT2D eigenvalue weighted by Gasteiger charge is 2.38. The van der Waals surface area contributed by atoms with Crippen LogP contribution in [0, 0.1) is 11.3 Å². The second kappa shape index (κ2) is 21.5. The summed E-state index contributed by atoms with van der Waals surface area (Å²) in [5.41, 5.74) is 11.1. The Balaban J connectivity index is 0.00000326. The van der Waals surface area contributed by atoms with Crippen LogP contribution >= 0.6 is 35.9 Å². The summed E-state index contributed by atoms with van der Waals surface area (Å²) >= 11 is 6.23. The van der Waals surface area contributed by atoms with Gasteiger partial charge in [0.1, 0.15) is 11.3 Å². The van der Waals surface area contributed by atoms with Crippen LogP contribution in [0.2, 0.25) is 0 Å². The van der Waals surface area contributed by atoms with Gasteiger partial charge in [-0.3, -0.25) is 23.9 Å². The zero-order valence-corrected chi connectivity index (χ0v) is 41.3. The average molecular weight is 921 g/mol. The number of thiol groups is 1. The summed E-state index contributed by atoms with van der Waals surface area (Å²) in [6.07, 6.45) is 9.32. The molecular weight excluding hydrogens is 853 g/mol. The molecule has 0 aliphatic carbocycles. The van der Waals surface area contributed by atoms with Gasteiger partial charge in [-0.1, -0.05) is 40.2 Å². The number of pyridine rings is 1. The Morgan fingerprint density at radius 1 is 1.13 bits per heavy atom. The first kappa shape index (κ1) is 48.8. The number of methoxy groups -OCH3 is 2. The van der Waals surface area contributed by atoms with Crippen LogP contribution in [0.5, 0.6) is 0 Å². The molecule has 0 spiro atoms. The lowest BCUT2D eigenvalue weighted by atomic mass is 9.79. The number of rotatable bonds is 10. The number of likely N-dealkylation sites (tertiary alicyclic amines) is 1. The Kier molecular flexibility index (Phi) is 16.7. The predicted molar refractivity (Wildman–Crippen MR) is 259 cm³/mol. The maximum absolute atomic E-state index is 14.6. The molecule has 16 heteroatoms. The lowest BCUT2D eigenvalue weighted by Crippen LogP contribution is -2.59. The number of benzene rings is 1. The van der Waals surface area contributed by atoms with Gasteiger partial charge in [-0.25, -0.2) is 15.2 Å². The fourth-order valence-electron chi connectivity index (χ4n) is 9.06. The van der Waals surface area contributed by atoms with Crippen LogP contribution in [0.4, 0.5) is 4.79 Å². The van der Waals surface area contributed by atoms with Crippen molar-refractivity contribution in [2.75, 3.05) is 47.2 Å². The average Bonchev–Trinajstić information content (AvgIpc) is 3.86. The minimum Gasteiger partial charge on any atom is -0.378 e. The molecule has 4 atom stereocenters. The van der Waals surface area contributed by atoms with Crippen LogP contribution in [0.3, 0.4) is 0 Å². The molecule has 4 aromatic rings. The van der Waals surface area contributed by atoms with Gasteiger partial charge in [0.2, 0.25) is 5.91 Å². The fraction of sp³-hybridized carbons (Fsp3) is 0.596. The third-order valence-electron chi connectivity index (χ3n) is 12.6. The molecule has 6 bridgehead atoms. The molecule has 4 amide bonds. The Morgan fingerprint density at radius 2 is 1.87 bits per heavy atom. The standard InChI is InChI=1S/C46H64N8O5S2.CH4S/c1-10-53-38-18-17-30-22-34(38)35(41(53)33-16-12-20-47-40(33)29(4)58-8)24-46(5,6)19-11-14-31-15-13-21-54(50-31)44(56)36(23-39-48-37(30)27-60-39)49-43(55)42(28(2)3)61-51(7)45(57)52-25-32(26-52)59-9;1-2/h12,16-18,20,22,27-29,31-32,36,42,50H,10-11,13-15,19,21,23-26H2,1-9H3,(H,49,55);2H,1H3. The molecule has 4 unspecified atom stereocenters. The topological polar surface area (TPSA) is 134 Å². The van der Waals surface area contributed by atoms with E-state index in [1.54, 1.807) is 37.4 Å². The summed E-state index contributed by atoms with van der Waals surface area (Å²) in [4.78, 5) is 53.7. The molecule has 63 heavy (non-hydrogen) atoms. The minimum atomic E-state index is -0.852. The van der Waals surface area contributed by atoms with Crippen LogP contribution in [0.15, 0.2) is 41.9 Å². The molecule has 13 nitrogen and oxygen atoms in total. The van der Waals surface area contributed by atoms with E-state index in [-0.39, 0.29) is 53.8 Å². The number of ether oxygens (including phenoxy) is 2. The summed E-state index contributed by atoms with van der Waals surface area (Å²) < 4.78 is 15.2. The summed E-state index contributed by atoms with van der Waals surface area (Å²) in [6, 6.07) is 9.98. The second-order valence-electron chi connectivity index (χ2n) is 18.0. The van der Waals surface area contributed by atoms with E-state index < -0.39 is 11.3 Å². The first-order valence-electron chi connectivity index (χ1n) is 22.3. The van der Waals surface area contributed by atoms with Crippen molar-refractivity contribution >= 4 is 64.7 Å². The zero-order chi connectivity index (χ0) is 45.6. The predicted octanol–water partition coefficient (Wildman–Crippen LogP) is 8.43. The van der Waals surface area contributed by atoms with Crippen molar-refractivity contribution < 1.29 is 23.9 Å². The normalized spacial score (nSPS) is 20.3. The number of urea groups is 1. The molecule has 3 aliphatic heterocycles. The second-order valence-corrected chi connectivity index (χ2v) is 20.2. The number of thiazole rings is 1. The summed E-state index contributed by atoms with van der Waals surface area (Å²) in [5.74, 6) is -0.560. The fourth-order valence-corrected chi connectivity index (χ4v) is 10.9. The largest absolute Gasteiger partial charge is 0.378 e.